The summed E-state index contributed by atoms with van der Waals surface area (Å²) >= 11 is 0. The van der Waals surface area contributed by atoms with Crippen molar-refractivity contribution in [1.29, 1.82) is 0 Å². The van der Waals surface area contributed by atoms with Crippen molar-refractivity contribution >= 4 is 0 Å². The van der Waals surface area contributed by atoms with Crippen LogP contribution in [-0.2, 0) is 0 Å². The molecule has 5 rings (SSSR count). The molecule has 0 heterocycles. The molecule has 0 aliphatic heterocycles. The molecule has 3 bridgehead atoms. The van der Waals surface area contributed by atoms with Gasteiger partial charge in [0.05, 0.1) is 0 Å². The van der Waals surface area contributed by atoms with E-state index in [1.54, 1.807) is 0 Å². The van der Waals surface area contributed by atoms with Gasteiger partial charge in [-0.1, -0.05) is 11.1 Å². The Hall–Kier alpha value is -0.260. The normalized spacial score (nSPS) is 69.0. The second kappa shape index (κ2) is 0.570. The van der Waals surface area contributed by atoms with Crippen molar-refractivity contribution in [3.8, 4) is 0 Å². The predicted octanol–water partition coefficient (Wildman–Crippen LogP) is 1.58. The molecule has 5 aliphatic rings. The molecule has 0 saturated heterocycles. The molecule has 0 aromatic heterocycles. The van der Waals surface area contributed by atoms with Crippen LogP contribution in [0.3, 0.4) is 0 Å². The van der Waals surface area contributed by atoms with Crippen LogP contribution in [0.5, 0.6) is 0 Å². The van der Waals surface area contributed by atoms with Crippen LogP contribution in [-0.4, -0.2) is 0 Å². The minimum absolute atomic E-state index is 1.18. The minimum Gasteiger partial charge on any atom is -0.0664 e. The first-order valence-electron chi connectivity index (χ1n) is 3.68. The van der Waals surface area contributed by atoms with E-state index in [2.05, 4.69) is 0 Å². The molecule has 0 heteroatoms. The molecule has 0 N–H and O–H groups in total. The lowest BCUT2D eigenvalue weighted by Gasteiger charge is -2.13. The van der Waals surface area contributed by atoms with Gasteiger partial charge >= 0.3 is 0 Å². The summed E-state index contributed by atoms with van der Waals surface area (Å²) in [6, 6.07) is 0. The van der Waals surface area contributed by atoms with E-state index in [1.807, 2.05) is 11.1 Å². The second-order valence-corrected chi connectivity index (χ2v) is 3.85. The van der Waals surface area contributed by atoms with Crippen molar-refractivity contribution < 1.29 is 0 Å². The first-order chi connectivity index (χ1) is 3.97. The van der Waals surface area contributed by atoms with E-state index in [-0.39, 0.29) is 0 Å². The van der Waals surface area contributed by atoms with Crippen molar-refractivity contribution in [3.05, 3.63) is 11.1 Å². The van der Waals surface area contributed by atoms with Gasteiger partial charge in [-0.3, -0.25) is 0 Å². The Morgan fingerprint density at radius 2 is 1.62 bits per heavy atom. The topological polar surface area (TPSA) is 0 Å². The number of hydrogen-bond donors (Lipinski definition) is 0. The molecule has 2 unspecified atom stereocenters. The largest absolute Gasteiger partial charge is 0.0664 e. The second-order valence-electron chi connectivity index (χ2n) is 3.85. The summed E-state index contributed by atoms with van der Waals surface area (Å²) in [7, 11) is 0. The van der Waals surface area contributed by atoms with Gasteiger partial charge in [-0.25, -0.2) is 0 Å². The first-order valence-corrected chi connectivity index (χ1v) is 3.68. The van der Waals surface area contributed by atoms with Crippen molar-refractivity contribution in [3.63, 3.8) is 0 Å². The van der Waals surface area contributed by atoms with E-state index in [4.69, 9.17) is 0 Å². The van der Waals surface area contributed by atoms with Crippen LogP contribution < -0.4 is 0 Å². The quantitative estimate of drug-likeness (QED) is 0.409. The molecule has 0 amide bonds. The average molecular weight is 104 g/mol. The molecular formula is C8H8. The van der Waals surface area contributed by atoms with Crippen LogP contribution >= 0.6 is 0 Å². The van der Waals surface area contributed by atoms with Gasteiger partial charge in [-0.05, 0) is 36.5 Å². The van der Waals surface area contributed by atoms with E-state index in [0.717, 1.165) is 0 Å². The Morgan fingerprint density at radius 1 is 1.00 bits per heavy atom. The lowest BCUT2D eigenvalue weighted by atomic mass is 9.92. The van der Waals surface area contributed by atoms with Gasteiger partial charge < -0.3 is 0 Å². The number of rotatable bonds is 0. The first kappa shape index (κ1) is 3.05. The average Bonchev–Trinajstić information content (AvgIpc) is 2.17. The lowest BCUT2D eigenvalue weighted by molar-refractivity contribution is 0.543. The summed E-state index contributed by atoms with van der Waals surface area (Å²) in [5.41, 5.74) is 3.84. The highest BCUT2D eigenvalue weighted by molar-refractivity contribution is 5.54. The third-order valence-electron chi connectivity index (χ3n) is 3.80. The summed E-state index contributed by atoms with van der Waals surface area (Å²) < 4.78 is 0. The summed E-state index contributed by atoms with van der Waals surface area (Å²) in [6.45, 7) is 0. The molecule has 40 valence electrons. The van der Waals surface area contributed by atoms with Crippen LogP contribution in [0.2, 0.25) is 0 Å². The molecule has 0 aromatic carbocycles. The Kier molecular flexibility index (Phi) is 0.217. The van der Waals surface area contributed by atoms with Crippen LogP contribution in [0.1, 0.15) is 12.8 Å². The molecule has 0 radical (unpaired) electrons. The molecule has 0 aromatic rings. The van der Waals surface area contributed by atoms with Crippen LogP contribution in [0.25, 0.3) is 0 Å². The lowest BCUT2D eigenvalue weighted by Crippen LogP contribution is -2.01. The zero-order valence-corrected chi connectivity index (χ0v) is 4.72. The monoisotopic (exact) mass is 104 g/mol. The van der Waals surface area contributed by atoms with Gasteiger partial charge in [0.1, 0.15) is 0 Å². The van der Waals surface area contributed by atoms with Crippen molar-refractivity contribution in [2.24, 2.45) is 23.7 Å². The smallest absolute Gasteiger partial charge is 0.00944 e. The minimum atomic E-state index is 1.18. The maximum Gasteiger partial charge on any atom is -0.00944 e. The van der Waals surface area contributed by atoms with Crippen LogP contribution in [0, 0.1) is 23.7 Å². The van der Waals surface area contributed by atoms with Gasteiger partial charge in [0, 0.05) is 0 Å². The highest BCUT2D eigenvalue weighted by atomic mass is 14.8. The zero-order valence-electron chi connectivity index (χ0n) is 4.72. The maximum absolute atomic E-state index is 1.92. The SMILES string of the molecule is C1C2=C3CC1C1C2C31. The van der Waals surface area contributed by atoms with Gasteiger partial charge in [0.15, 0.2) is 0 Å². The Bertz CT molecular complexity index is 202. The predicted molar refractivity (Wildman–Crippen MR) is 30.2 cm³/mol. The Morgan fingerprint density at radius 3 is 1.75 bits per heavy atom. The van der Waals surface area contributed by atoms with Crippen LogP contribution in [0.15, 0.2) is 11.1 Å². The van der Waals surface area contributed by atoms with E-state index < -0.39 is 0 Å². The van der Waals surface area contributed by atoms with E-state index in [9.17, 15) is 0 Å². The molecule has 3 fully saturated rings. The molecule has 2 atom stereocenters. The zero-order chi connectivity index (χ0) is 4.88. The summed E-state index contributed by atoms with van der Waals surface area (Å²) in [5.74, 6) is 4.77. The van der Waals surface area contributed by atoms with E-state index in [1.165, 1.54) is 36.5 Å². The third kappa shape index (κ3) is 0.113. The maximum atomic E-state index is 1.92. The highest BCUT2D eigenvalue weighted by Gasteiger charge is 2.73. The van der Waals surface area contributed by atoms with Crippen molar-refractivity contribution in [2.75, 3.05) is 0 Å². The standard InChI is InChI=1S/C8H8/c1-3-2-5-4(1)7-6(3)8(5)7/h3,6-8H,1-2H2. The molecule has 0 spiro atoms. The number of hydrogen-bond acceptors (Lipinski definition) is 0. The van der Waals surface area contributed by atoms with Crippen molar-refractivity contribution in [2.45, 2.75) is 12.8 Å². The van der Waals surface area contributed by atoms with Crippen molar-refractivity contribution in [1.82, 2.24) is 0 Å². The van der Waals surface area contributed by atoms with E-state index >= 15 is 0 Å². The molecule has 0 nitrogen and oxygen atoms in total. The van der Waals surface area contributed by atoms with Gasteiger partial charge in [0.25, 0.3) is 0 Å². The summed E-state index contributed by atoms with van der Waals surface area (Å²) in [5, 5.41) is 0. The summed E-state index contributed by atoms with van der Waals surface area (Å²) in [6.07, 6.45) is 3.06. The third-order valence-corrected chi connectivity index (χ3v) is 3.80. The Labute approximate surface area is 48.6 Å². The van der Waals surface area contributed by atoms with E-state index in [0.29, 0.717) is 0 Å². The molecule has 8 heavy (non-hydrogen) atoms. The fraction of sp³-hybridized carbons (Fsp3) is 0.750. The fourth-order valence-corrected chi connectivity index (χ4v) is 3.59. The Balaban J connectivity index is 2.26. The molecular weight excluding hydrogens is 96.1 g/mol. The van der Waals surface area contributed by atoms with Gasteiger partial charge in [-0.2, -0.15) is 0 Å². The molecule has 3 saturated carbocycles. The van der Waals surface area contributed by atoms with Crippen LogP contribution in [0.4, 0.5) is 0 Å². The summed E-state index contributed by atoms with van der Waals surface area (Å²) in [4.78, 5) is 0. The highest BCUT2D eigenvalue weighted by Crippen LogP contribution is 2.81. The van der Waals surface area contributed by atoms with Gasteiger partial charge in [0.2, 0.25) is 0 Å². The fourth-order valence-electron chi connectivity index (χ4n) is 3.59. The number of allylic oxidation sites excluding steroid dienone is 2. The molecule has 5 aliphatic carbocycles. The van der Waals surface area contributed by atoms with Gasteiger partial charge in [-0.15, -0.1) is 0 Å².